The van der Waals surface area contributed by atoms with Gasteiger partial charge in [-0.15, -0.1) is 0 Å². The summed E-state index contributed by atoms with van der Waals surface area (Å²) in [4.78, 5) is 17.5. The quantitative estimate of drug-likeness (QED) is 0.671. The largest absolute Gasteiger partial charge is 0.379 e. The molecular formula is C11H11BrN4O2. The number of nitrogens with zero attached hydrogens (tertiary/aromatic N) is 2. The van der Waals surface area contributed by atoms with E-state index in [9.17, 15) is 10.1 Å². The second-order valence-corrected chi connectivity index (χ2v) is 4.61. The molecular weight excluding hydrogens is 300 g/mol. The normalized spacial score (nSPS) is 10.3. The Morgan fingerprint density at radius 2 is 2.33 bits per heavy atom. The molecule has 0 atom stereocenters. The van der Waals surface area contributed by atoms with Crippen molar-refractivity contribution >= 4 is 27.3 Å². The third-order valence-corrected chi connectivity index (χ3v) is 3.21. The maximum atomic E-state index is 10.8. The number of halogens is 1. The number of nitrogens with one attached hydrogen (secondary N) is 2. The number of anilines is 1. The smallest absolute Gasteiger partial charge is 0.285 e. The van der Waals surface area contributed by atoms with Gasteiger partial charge in [0.05, 0.1) is 28.0 Å². The molecule has 2 aromatic rings. The van der Waals surface area contributed by atoms with Crippen molar-refractivity contribution < 1.29 is 4.92 Å². The molecule has 2 rings (SSSR count). The summed E-state index contributed by atoms with van der Waals surface area (Å²) in [5.74, 6) is 0. The number of rotatable bonds is 4. The minimum atomic E-state index is -0.422. The predicted molar refractivity (Wildman–Crippen MR) is 71.4 cm³/mol. The molecule has 0 saturated heterocycles. The minimum absolute atomic E-state index is 0.0405. The van der Waals surface area contributed by atoms with Gasteiger partial charge in [0.2, 0.25) is 0 Å². The summed E-state index contributed by atoms with van der Waals surface area (Å²) in [6, 6.07) is 4.92. The van der Waals surface area contributed by atoms with Gasteiger partial charge < -0.3 is 10.3 Å². The van der Waals surface area contributed by atoms with Gasteiger partial charge in [0, 0.05) is 17.4 Å². The van der Waals surface area contributed by atoms with Crippen molar-refractivity contribution in [1.82, 2.24) is 9.97 Å². The Bertz CT molecular complexity index is 582. The van der Waals surface area contributed by atoms with Crippen LogP contribution >= 0.6 is 15.9 Å². The zero-order chi connectivity index (χ0) is 13.1. The number of nitro groups is 1. The summed E-state index contributed by atoms with van der Waals surface area (Å²) in [6.45, 7) is 2.45. The van der Waals surface area contributed by atoms with Crippen LogP contribution in [0.25, 0.3) is 0 Å². The van der Waals surface area contributed by atoms with E-state index < -0.39 is 4.92 Å². The topological polar surface area (TPSA) is 83.8 Å². The van der Waals surface area contributed by atoms with E-state index in [0.717, 1.165) is 11.4 Å². The van der Waals surface area contributed by atoms with Crippen LogP contribution in [0.5, 0.6) is 0 Å². The van der Waals surface area contributed by atoms with Gasteiger partial charge in [0.1, 0.15) is 0 Å². The van der Waals surface area contributed by atoms with Crippen molar-refractivity contribution in [3.63, 3.8) is 0 Å². The zero-order valence-electron chi connectivity index (χ0n) is 9.61. The molecule has 18 heavy (non-hydrogen) atoms. The third kappa shape index (κ3) is 2.67. The van der Waals surface area contributed by atoms with Crippen LogP contribution in [0.2, 0.25) is 0 Å². The lowest BCUT2D eigenvalue weighted by Crippen LogP contribution is -2.02. The fraction of sp³-hybridized carbons (Fsp3) is 0.182. The van der Waals surface area contributed by atoms with Crippen LogP contribution in [0.1, 0.15) is 11.4 Å². The molecule has 7 heteroatoms. The molecule has 2 N–H and O–H groups in total. The van der Waals surface area contributed by atoms with Gasteiger partial charge in [-0.05, 0) is 35.0 Å². The van der Waals surface area contributed by atoms with Crippen molar-refractivity contribution in [1.29, 1.82) is 0 Å². The van der Waals surface area contributed by atoms with Crippen molar-refractivity contribution in [2.24, 2.45) is 0 Å². The molecule has 1 aromatic carbocycles. The Hall–Kier alpha value is -1.89. The molecule has 1 aromatic heterocycles. The lowest BCUT2D eigenvalue weighted by molar-refractivity contribution is -0.385. The number of aromatic amines is 1. The highest BCUT2D eigenvalue weighted by Crippen LogP contribution is 2.27. The predicted octanol–water partition coefficient (Wildman–Crippen LogP) is 3.00. The average molecular weight is 311 g/mol. The first kappa shape index (κ1) is 12.6. The van der Waals surface area contributed by atoms with Crippen LogP contribution in [0.15, 0.2) is 29.0 Å². The maximum absolute atomic E-state index is 10.8. The van der Waals surface area contributed by atoms with Gasteiger partial charge in [-0.2, -0.15) is 0 Å². The Morgan fingerprint density at radius 3 is 2.94 bits per heavy atom. The van der Waals surface area contributed by atoms with Crippen LogP contribution in [0.4, 0.5) is 11.4 Å². The van der Waals surface area contributed by atoms with E-state index >= 15 is 0 Å². The summed E-state index contributed by atoms with van der Waals surface area (Å²) < 4.78 is 0.467. The molecule has 0 spiro atoms. The monoisotopic (exact) mass is 310 g/mol. The SMILES string of the molecule is Cc1[nH]cnc1CNc1ccc(Br)c([N+](=O)[O-])c1. The molecule has 0 amide bonds. The van der Waals surface area contributed by atoms with Gasteiger partial charge in [-0.25, -0.2) is 4.98 Å². The van der Waals surface area contributed by atoms with Gasteiger partial charge >= 0.3 is 0 Å². The van der Waals surface area contributed by atoms with Crippen LogP contribution < -0.4 is 5.32 Å². The van der Waals surface area contributed by atoms with Gasteiger partial charge in [-0.3, -0.25) is 10.1 Å². The molecule has 0 fully saturated rings. The number of aryl methyl sites for hydroxylation is 1. The highest BCUT2D eigenvalue weighted by molar-refractivity contribution is 9.10. The van der Waals surface area contributed by atoms with E-state index in [0.29, 0.717) is 16.7 Å². The molecule has 0 aliphatic carbocycles. The van der Waals surface area contributed by atoms with Gasteiger partial charge in [0.15, 0.2) is 0 Å². The van der Waals surface area contributed by atoms with Crippen LogP contribution in [0, 0.1) is 17.0 Å². The first-order valence-electron chi connectivity index (χ1n) is 5.24. The summed E-state index contributed by atoms with van der Waals surface area (Å²) in [5, 5.41) is 13.9. The van der Waals surface area contributed by atoms with E-state index in [2.05, 4.69) is 31.2 Å². The number of nitro benzene ring substituents is 1. The van der Waals surface area contributed by atoms with Crippen molar-refractivity contribution in [2.45, 2.75) is 13.5 Å². The first-order chi connectivity index (χ1) is 8.58. The lowest BCUT2D eigenvalue weighted by atomic mass is 10.2. The molecule has 0 saturated carbocycles. The number of benzene rings is 1. The molecule has 6 nitrogen and oxygen atoms in total. The Labute approximate surface area is 112 Å². The van der Waals surface area contributed by atoms with E-state index in [1.54, 1.807) is 18.5 Å². The standard InChI is InChI=1S/C11H11BrN4O2/c1-7-10(15-6-14-7)5-13-8-2-3-9(12)11(4-8)16(17)18/h2-4,6,13H,5H2,1H3,(H,14,15). The number of H-pyrrole nitrogens is 1. The van der Waals surface area contributed by atoms with Crippen molar-refractivity contribution in [2.75, 3.05) is 5.32 Å². The Balaban J connectivity index is 2.13. The average Bonchev–Trinajstić information content (AvgIpc) is 2.73. The van der Waals surface area contributed by atoms with Gasteiger partial charge in [-0.1, -0.05) is 0 Å². The zero-order valence-corrected chi connectivity index (χ0v) is 11.2. The van der Waals surface area contributed by atoms with Gasteiger partial charge in [0.25, 0.3) is 5.69 Å². The third-order valence-electron chi connectivity index (χ3n) is 2.54. The fourth-order valence-corrected chi connectivity index (χ4v) is 1.91. The van der Waals surface area contributed by atoms with Crippen LogP contribution in [-0.2, 0) is 6.54 Å². The molecule has 1 heterocycles. The summed E-state index contributed by atoms with van der Waals surface area (Å²) in [7, 11) is 0. The van der Waals surface area contributed by atoms with Crippen LogP contribution in [-0.4, -0.2) is 14.9 Å². The highest BCUT2D eigenvalue weighted by Gasteiger charge is 2.12. The Kier molecular flexibility index (Phi) is 3.61. The Morgan fingerprint density at radius 1 is 1.56 bits per heavy atom. The first-order valence-corrected chi connectivity index (χ1v) is 6.04. The second-order valence-electron chi connectivity index (χ2n) is 3.75. The number of aromatic nitrogens is 2. The summed E-state index contributed by atoms with van der Waals surface area (Å²) >= 11 is 3.15. The van der Waals surface area contributed by atoms with Crippen molar-refractivity contribution in [3.8, 4) is 0 Å². The summed E-state index contributed by atoms with van der Waals surface area (Å²) in [5.41, 5.74) is 2.60. The minimum Gasteiger partial charge on any atom is -0.379 e. The number of imidazole rings is 1. The van der Waals surface area contributed by atoms with E-state index in [-0.39, 0.29) is 5.69 Å². The maximum Gasteiger partial charge on any atom is 0.285 e. The lowest BCUT2D eigenvalue weighted by Gasteiger charge is -2.05. The molecule has 0 radical (unpaired) electrons. The highest BCUT2D eigenvalue weighted by atomic mass is 79.9. The van der Waals surface area contributed by atoms with E-state index in [4.69, 9.17) is 0 Å². The molecule has 94 valence electrons. The molecule has 0 unspecified atom stereocenters. The van der Waals surface area contributed by atoms with E-state index in [1.807, 2.05) is 6.92 Å². The second kappa shape index (κ2) is 5.18. The molecule has 0 aliphatic rings. The number of hydrogen-bond acceptors (Lipinski definition) is 4. The molecule has 0 aliphatic heterocycles. The van der Waals surface area contributed by atoms with Crippen LogP contribution in [0.3, 0.4) is 0 Å². The fourth-order valence-electron chi connectivity index (χ4n) is 1.51. The summed E-state index contributed by atoms with van der Waals surface area (Å²) in [6.07, 6.45) is 1.62. The van der Waals surface area contributed by atoms with E-state index in [1.165, 1.54) is 6.07 Å². The number of hydrogen-bond donors (Lipinski definition) is 2. The molecule has 0 bridgehead atoms. The van der Waals surface area contributed by atoms with Crippen molar-refractivity contribution in [3.05, 3.63) is 50.5 Å².